The summed E-state index contributed by atoms with van der Waals surface area (Å²) in [7, 11) is 0. The SMILES string of the molecule is O=C(O)[C@@H]1CN(Cc2ccsc2Cl)C[C@H]1C(F)(F)F. The lowest BCUT2D eigenvalue weighted by atomic mass is 9.96. The molecule has 0 unspecified atom stereocenters. The van der Waals surface area contributed by atoms with Gasteiger partial charge in [-0.1, -0.05) is 11.6 Å². The Labute approximate surface area is 116 Å². The fourth-order valence-corrected chi connectivity index (χ4v) is 3.18. The first-order valence-electron chi connectivity index (χ1n) is 5.52. The standard InChI is InChI=1S/C11H11ClF3NO2S/c12-9-6(1-2-19-9)3-16-4-7(10(17)18)8(5-16)11(13,14)15/h1-2,7-8H,3-5H2,(H,17,18)/t7-,8-/m1/s1. The molecule has 3 nitrogen and oxygen atoms in total. The normalized spacial score (nSPS) is 24.8. The number of carboxylic acid groups (broad SMARTS) is 1. The number of carboxylic acids is 1. The van der Waals surface area contributed by atoms with E-state index in [1.54, 1.807) is 11.4 Å². The fraction of sp³-hybridized carbons (Fsp3) is 0.545. The number of halogens is 4. The average Bonchev–Trinajstić information content (AvgIpc) is 2.86. The molecule has 1 aromatic heterocycles. The molecule has 1 aliphatic heterocycles. The summed E-state index contributed by atoms with van der Waals surface area (Å²) in [5, 5.41) is 10.6. The van der Waals surface area contributed by atoms with E-state index in [9.17, 15) is 18.0 Å². The van der Waals surface area contributed by atoms with E-state index >= 15 is 0 Å². The molecule has 0 amide bonds. The highest BCUT2D eigenvalue weighted by atomic mass is 35.5. The van der Waals surface area contributed by atoms with Crippen LogP contribution in [-0.2, 0) is 11.3 Å². The van der Waals surface area contributed by atoms with Gasteiger partial charge in [-0.15, -0.1) is 11.3 Å². The van der Waals surface area contributed by atoms with Crippen LogP contribution in [0.2, 0.25) is 4.34 Å². The number of hydrogen-bond acceptors (Lipinski definition) is 3. The Morgan fingerprint density at radius 1 is 1.53 bits per heavy atom. The van der Waals surface area contributed by atoms with Gasteiger partial charge in [0.2, 0.25) is 0 Å². The van der Waals surface area contributed by atoms with Gasteiger partial charge in [0.25, 0.3) is 0 Å². The van der Waals surface area contributed by atoms with E-state index in [1.165, 1.54) is 16.2 Å². The highest BCUT2D eigenvalue weighted by Gasteiger charge is 2.52. The number of likely N-dealkylation sites (tertiary alicyclic amines) is 1. The molecule has 2 rings (SSSR count). The van der Waals surface area contributed by atoms with Crippen molar-refractivity contribution in [3.05, 3.63) is 21.3 Å². The number of carbonyl (C=O) groups is 1. The predicted octanol–water partition coefficient (Wildman–Crippen LogP) is 3.10. The maximum absolute atomic E-state index is 12.8. The summed E-state index contributed by atoms with van der Waals surface area (Å²) in [6, 6.07) is 1.74. The zero-order valence-electron chi connectivity index (χ0n) is 9.65. The molecule has 1 aromatic rings. The zero-order chi connectivity index (χ0) is 14.2. The van der Waals surface area contributed by atoms with E-state index in [4.69, 9.17) is 16.7 Å². The lowest BCUT2D eigenvalue weighted by Crippen LogP contribution is -2.33. The van der Waals surface area contributed by atoms with Gasteiger partial charge in [-0.25, -0.2) is 0 Å². The van der Waals surface area contributed by atoms with Crippen LogP contribution in [0.5, 0.6) is 0 Å². The molecule has 2 atom stereocenters. The molecular formula is C11H11ClF3NO2S. The number of hydrogen-bond donors (Lipinski definition) is 1. The molecule has 1 saturated heterocycles. The summed E-state index contributed by atoms with van der Waals surface area (Å²) in [6.07, 6.45) is -4.49. The van der Waals surface area contributed by atoms with Crippen molar-refractivity contribution in [3.8, 4) is 0 Å². The van der Waals surface area contributed by atoms with E-state index in [-0.39, 0.29) is 19.6 Å². The lowest BCUT2D eigenvalue weighted by Gasteiger charge is -2.18. The minimum absolute atomic E-state index is 0.105. The summed E-state index contributed by atoms with van der Waals surface area (Å²) in [5.74, 6) is -4.62. The Morgan fingerprint density at radius 3 is 2.63 bits per heavy atom. The lowest BCUT2D eigenvalue weighted by molar-refractivity contribution is -0.188. The maximum atomic E-state index is 12.8. The van der Waals surface area contributed by atoms with Crippen molar-refractivity contribution >= 4 is 28.9 Å². The quantitative estimate of drug-likeness (QED) is 0.932. The summed E-state index contributed by atoms with van der Waals surface area (Å²) in [5.41, 5.74) is 0.735. The highest BCUT2D eigenvalue weighted by molar-refractivity contribution is 7.14. The van der Waals surface area contributed by atoms with Gasteiger partial charge in [0.05, 0.1) is 16.2 Å². The van der Waals surface area contributed by atoms with Gasteiger partial charge in [-0.2, -0.15) is 13.2 Å². The van der Waals surface area contributed by atoms with Crippen LogP contribution in [-0.4, -0.2) is 35.2 Å². The summed E-state index contributed by atoms with van der Waals surface area (Å²) in [6.45, 7) is -0.156. The van der Waals surface area contributed by atoms with Crippen molar-refractivity contribution in [2.24, 2.45) is 11.8 Å². The van der Waals surface area contributed by atoms with Gasteiger partial charge in [0, 0.05) is 19.6 Å². The van der Waals surface area contributed by atoms with Crippen LogP contribution < -0.4 is 0 Å². The second-order valence-electron chi connectivity index (χ2n) is 4.51. The van der Waals surface area contributed by atoms with Crippen LogP contribution in [0.25, 0.3) is 0 Å². The Bertz CT molecular complexity index is 477. The van der Waals surface area contributed by atoms with Crippen molar-refractivity contribution in [1.29, 1.82) is 0 Å². The van der Waals surface area contributed by atoms with Crippen LogP contribution in [0, 0.1) is 11.8 Å². The molecule has 1 fully saturated rings. The first-order valence-corrected chi connectivity index (χ1v) is 6.78. The van der Waals surface area contributed by atoms with Gasteiger partial charge in [-0.3, -0.25) is 9.69 Å². The van der Waals surface area contributed by atoms with Crippen LogP contribution >= 0.6 is 22.9 Å². The van der Waals surface area contributed by atoms with Gasteiger partial charge in [0.15, 0.2) is 0 Å². The first-order chi connectivity index (χ1) is 8.79. The van der Waals surface area contributed by atoms with Gasteiger partial charge in [-0.05, 0) is 17.0 Å². The van der Waals surface area contributed by atoms with Crippen LogP contribution in [0.15, 0.2) is 11.4 Å². The molecule has 19 heavy (non-hydrogen) atoms. The largest absolute Gasteiger partial charge is 0.481 e. The van der Waals surface area contributed by atoms with Gasteiger partial charge >= 0.3 is 12.1 Å². The molecule has 2 heterocycles. The number of aliphatic carboxylic acids is 1. The third-order valence-corrected chi connectivity index (χ3v) is 4.47. The number of nitrogens with zero attached hydrogens (tertiary/aromatic N) is 1. The molecule has 1 aliphatic rings. The van der Waals surface area contributed by atoms with Crippen molar-refractivity contribution < 1.29 is 23.1 Å². The summed E-state index contributed by atoms with van der Waals surface area (Å²) >= 11 is 7.20. The molecule has 0 aromatic carbocycles. The van der Waals surface area contributed by atoms with E-state index in [0.717, 1.165) is 5.56 Å². The van der Waals surface area contributed by atoms with Crippen molar-refractivity contribution in [3.63, 3.8) is 0 Å². The fourth-order valence-electron chi connectivity index (χ4n) is 2.27. The summed E-state index contributed by atoms with van der Waals surface area (Å²) < 4.78 is 38.9. The van der Waals surface area contributed by atoms with Crippen molar-refractivity contribution in [2.45, 2.75) is 12.7 Å². The molecule has 0 aliphatic carbocycles. The average molecular weight is 314 g/mol. The zero-order valence-corrected chi connectivity index (χ0v) is 11.2. The smallest absolute Gasteiger partial charge is 0.393 e. The number of thiophene rings is 1. The third-order valence-electron chi connectivity index (χ3n) is 3.22. The number of alkyl halides is 3. The Balaban J connectivity index is 2.10. The molecular weight excluding hydrogens is 303 g/mol. The topological polar surface area (TPSA) is 40.5 Å². The van der Waals surface area contributed by atoms with Crippen molar-refractivity contribution in [2.75, 3.05) is 13.1 Å². The molecule has 106 valence electrons. The van der Waals surface area contributed by atoms with Gasteiger partial charge < -0.3 is 5.11 Å². The maximum Gasteiger partial charge on any atom is 0.393 e. The Morgan fingerprint density at radius 2 is 2.21 bits per heavy atom. The second kappa shape index (κ2) is 5.30. The Hall–Kier alpha value is -0.790. The number of rotatable bonds is 3. The van der Waals surface area contributed by atoms with Gasteiger partial charge in [0.1, 0.15) is 0 Å². The highest BCUT2D eigenvalue weighted by Crippen LogP contribution is 2.38. The summed E-state index contributed by atoms with van der Waals surface area (Å²) in [4.78, 5) is 12.4. The molecule has 0 saturated carbocycles. The monoisotopic (exact) mass is 313 g/mol. The molecule has 0 bridgehead atoms. The molecule has 8 heteroatoms. The molecule has 1 N–H and O–H groups in total. The first kappa shape index (κ1) is 14.6. The minimum Gasteiger partial charge on any atom is -0.481 e. The van der Waals surface area contributed by atoms with E-state index < -0.39 is 24.0 Å². The van der Waals surface area contributed by atoms with E-state index in [2.05, 4.69) is 0 Å². The van der Waals surface area contributed by atoms with E-state index in [1.807, 2.05) is 0 Å². The van der Waals surface area contributed by atoms with E-state index in [0.29, 0.717) is 4.34 Å². The Kier molecular flexibility index (Phi) is 4.08. The second-order valence-corrected chi connectivity index (χ2v) is 6.02. The van der Waals surface area contributed by atoms with Crippen molar-refractivity contribution in [1.82, 2.24) is 4.90 Å². The molecule has 0 radical (unpaired) electrons. The predicted molar refractivity (Wildman–Crippen MR) is 65.3 cm³/mol. The third kappa shape index (κ3) is 3.21. The van der Waals surface area contributed by atoms with Crippen LogP contribution in [0.4, 0.5) is 13.2 Å². The van der Waals surface area contributed by atoms with Crippen LogP contribution in [0.1, 0.15) is 5.56 Å². The van der Waals surface area contributed by atoms with Crippen LogP contribution in [0.3, 0.4) is 0 Å². The minimum atomic E-state index is -4.49. The molecule has 0 spiro atoms.